The molecule has 0 aliphatic carbocycles. The Kier molecular flexibility index (Phi) is 5.34. The van der Waals surface area contributed by atoms with Crippen LogP contribution < -0.4 is 10.1 Å². The van der Waals surface area contributed by atoms with E-state index in [1.165, 1.54) is 18.7 Å². The normalized spacial score (nSPS) is 12.4. The molecular formula is C18H22FNO. The highest BCUT2D eigenvalue weighted by atomic mass is 19.1. The summed E-state index contributed by atoms with van der Waals surface area (Å²) in [5, 5.41) is 3.51. The van der Waals surface area contributed by atoms with Crippen molar-refractivity contribution in [2.45, 2.75) is 26.4 Å². The molecular weight excluding hydrogens is 265 g/mol. The molecule has 0 aliphatic rings. The van der Waals surface area contributed by atoms with Crippen LogP contribution in [0.5, 0.6) is 5.75 Å². The fourth-order valence-electron chi connectivity index (χ4n) is 2.45. The highest BCUT2D eigenvalue weighted by Gasteiger charge is 2.15. The first kappa shape index (κ1) is 15.5. The molecule has 0 radical (unpaired) electrons. The number of methoxy groups -OCH3 is 1. The Labute approximate surface area is 126 Å². The highest BCUT2D eigenvalue weighted by molar-refractivity contribution is 5.29. The van der Waals surface area contributed by atoms with E-state index in [4.69, 9.17) is 4.74 Å². The monoisotopic (exact) mass is 287 g/mol. The Morgan fingerprint density at radius 3 is 2.38 bits per heavy atom. The van der Waals surface area contributed by atoms with E-state index < -0.39 is 0 Å². The first-order valence-corrected chi connectivity index (χ1v) is 7.22. The van der Waals surface area contributed by atoms with Crippen molar-refractivity contribution in [2.75, 3.05) is 7.11 Å². The van der Waals surface area contributed by atoms with Crippen LogP contribution in [-0.2, 0) is 6.54 Å². The topological polar surface area (TPSA) is 21.3 Å². The largest absolute Gasteiger partial charge is 0.494 e. The average molecular weight is 287 g/mol. The molecule has 0 aliphatic heterocycles. The van der Waals surface area contributed by atoms with Crippen LogP contribution in [0.3, 0.4) is 0 Å². The highest BCUT2D eigenvalue weighted by Crippen LogP contribution is 2.23. The van der Waals surface area contributed by atoms with Crippen LogP contribution in [0.2, 0.25) is 0 Å². The molecule has 2 aromatic carbocycles. The number of benzene rings is 2. The first-order chi connectivity index (χ1) is 10.1. The molecule has 2 rings (SSSR count). The van der Waals surface area contributed by atoms with E-state index in [1.807, 2.05) is 24.3 Å². The Balaban J connectivity index is 2.07. The van der Waals surface area contributed by atoms with Gasteiger partial charge in [-0.25, -0.2) is 4.39 Å². The van der Waals surface area contributed by atoms with Gasteiger partial charge in [-0.3, -0.25) is 0 Å². The zero-order valence-electron chi connectivity index (χ0n) is 12.8. The molecule has 2 aromatic rings. The SMILES string of the molecule is COc1ccc(CNC(c2ccccc2)C(C)C)cc1F. The third-order valence-corrected chi connectivity index (χ3v) is 3.57. The van der Waals surface area contributed by atoms with Crippen molar-refractivity contribution in [3.63, 3.8) is 0 Å². The second-order valence-corrected chi connectivity index (χ2v) is 5.48. The molecule has 0 saturated carbocycles. The maximum absolute atomic E-state index is 13.7. The summed E-state index contributed by atoms with van der Waals surface area (Å²) in [6.07, 6.45) is 0. The Morgan fingerprint density at radius 1 is 1.10 bits per heavy atom. The van der Waals surface area contributed by atoms with Crippen LogP contribution in [0.25, 0.3) is 0 Å². The summed E-state index contributed by atoms with van der Waals surface area (Å²) in [5.74, 6) is 0.412. The van der Waals surface area contributed by atoms with Crippen LogP contribution >= 0.6 is 0 Å². The average Bonchev–Trinajstić information content (AvgIpc) is 2.48. The van der Waals surface area contributed by atoms with Crippen LogP contribution in [0, 0.1) is 11.7 Å². The number of hydrogen-bond acceptors (Lipinski definition) is 2. The van der Waals surface area contributed by atoms with Crippen molar-refractivity contribution < 1.29 is 9.13 Å². The Morgan fingerprint density at radius 2 is 1.81 bits per heavy atom. The number of hydrogen-bond donors (Lipinski definition) is 1. The summed E-state index contributed by atoms with van der Waals surface area (Å²) < 4.78 is 18.6. The van der Waals surface area contributed by atoms with Gasteiger partial charge in [-0.1, -0.05) is 50.2 Å². The van der Waals surface area contributed by atoms with Crippen molar-refractivity contribution in [1.82, 2.24) is 5.32 Å². The fraction of sp³-hybridized carbons (Fsp3) is 0.333. The number of halogens is 1. The molecule has 0 fully saturated rings. The molecule has 0 aromatic heterocycles. The maximum Gasteiger partial charge on any atom is 0.165 e. The van der Waals surface area contributed by atoms with E-state index in [0.717, 1.165) is 5.56 Å². The van der Waals surface area contributed by atoms with Gasteiger partial charge >= 0.3 is 0 Å². The van der Waals surface area contributed by atoms with Crippen LogP contribution in [-0.4, -0.2) is 7.11 Å². The van der Waals surface area contributed by atoms with E-state index in [0.29, 0.717) is 12.5 Å². The van der Waals surface area contributed by atoms with Gasteiger partial charge in [0.25, 0.3) is 0 Å². The summed E-state index contributed by atoms with van der Waals surface area (Å²) in [4.78, 5) is 0. The molecule has 1 unspecified atom stereocenters. The first-order valence-electron chi connectivity index (χ1n) is 7.22. The van der Waals surface area contributed by atoms with Crippen molar-refractivity contribution in [3.05, 3.63) is 65.5 Å². The quantitative estimate of drug-likeness (QED) is 0.854. The second-order valence-electron chi connectivity index (χ2n) is 5.48. The molecule has 112 valence electrons. The number of ether oxygens (including phenoxy) is 1. The number of nitrogens with one attached hydrogen (secondary N) is 1. The molecule has 0 spiro atoms. The van der Waals surface area contributed by atoms with Crippen molar-refractivity contribution >= 4 is 0 Å². The van der Waals surface area contributed by atoms with Crippen LogP contribution in [0.4, 0.5) is 4.39 Å². The lowest BCUT2D eigenvalue weighted by atomic mass is 9.96. The lowest BCUT2D eigenvalue weighted by Crippen LogP contribution is -2.25. The van der Waals surface area contributed by atoms with E-state index in [2.05, 4.69) is 31.3 Å². The van der Waals surface area contributed by atoms with Crippen molar-refractivity contribution in [3.8, 4) is 5.75 Å². The van der Waals surface area contributed by atoms with Crippen molar-refractivity contribution in [2.24, 2.45) is 5.92 Å². The fourth-order valence-corrected chi connectivity index (χ4v) is 2.45. The van der Waals surface area contributed by atoms with Gasteiger partial charge < -0.3 is 10.1 Å². The maximum atomic E-state index is 13.7. The van der Waals surface area contributed by atoms with Gasteiger partial charge in [-0.2, -0.15) is 0 Å². The molecule has 21 heavy (non-hydrogen) atoms. The van der Waals surface area contributed by atoms with Gasteiger partial charge in [-0.15, -0.1) is 0 Å². The molecule has 0 amide bonds. The molecule has 1 atom stereocenters. The van der Waals surface area contributed by atoms with Gasteiger partial charge in [0.05, 0.1) is 7.11 Å². The summed E-state index contributed by atoms with van der Waals surface area (Å²) >= 11 is 0. The zero-order chi connectivity index (χ0) is 15.2. The van der Waals surface area contributed by atoms with Gasteiger partial charge in [0, 0.05) is 12.6 Å². The van der Waals surface area contributed by atoms with Gasteiger partial charge in [0.15, 0.2) is 11.6 Å². The smallest absolute Gasteiger partial charge is 0.165 e. The standard InChI is InChI=1S/C18H22FNO/c1-13(2)18(15-7-5-4-6-8-15)20-12-14-9-10-17(21-3)16(19)11-14/h4-11,13,18,20H,12H2,1-3H3. The molecule has 3 heteroatoms. The number of rotatable bonds is 6. The summed E-state index contributed by atoms with van der Waals surface area (Å²) in [6, 6.07) is 15.7. The third kappa shape index (κ3) is 4.05. The van der Waals surface area contributed by atoms with Gasteiger partial charge in [-0.05, 0) is 29.2 Å². The van der Waals surface area contributed by atoms with E-state index in [1.54, 1.807) is 6.07 Å². The van der Waals surface area contributed by atoms with E-state index in [9.17, 15) is 4.39 Å². The Hall–Kier alpha value is -1.87. The molecule has 2 nitrogen and oxygen atoms in total. The lowest BCUT2D eigenvalue weighted by Gasteiger charge is -2.23. The third-order valence-electron chi connectivity index (χ3n) is 3.57. The zero-order valence-corrected chi connectivity index (χ0v) is 12.8. The lowest BCUT2D eigenvalue weighted by molar-refractivity contribution is 0.384. The minimum atomic E-state index is -0.322. The predicted molar refractivity (Wildman–Crippen MR) is 83.8 cm³/mol. The molecule has 0 saturated heterocycles. The minimum absolute atomic E-state index is 0.247. The summed E-state index contributed by atoms with van der Waals surface area (Å²) in [5.41, 5.74) is 2.16. The second kappa shape index (κ2) is 7.23. The van der Waals surface area contributed by atoms with Crippen LogP contribution in [0.15, 0.2) is 48.5 Å². The Bertz CT molecular complexity index is 569. The molecule has 1 N–H and O–H groups in total. The van der Waals surface area contributed by atoms with Gasteiger partial charge in [0.2, 0.25) is 0 Å². The predicted octanol–water partition coefficient (Wildman–Crippen LogP) is 4.32. The van der Waals surface area contributed by atoms with Crippen LogP contribution in [0.1, 0.15) is 31.0 Å². The van der Waals surface area contributed by atoms with E-state index in [-0.39, 0.29) is 17.6 Å². The summed E-state index contributed by atoms with van der Waals surface area (Å²) in [7, 11) is 1.47. The molecule has 0 heterocycles. The molecule has 0 bridgehead atoms. The van der Waals surface area contributed by atoms with Crippen molar-refractivity contribution in [1.29, 1.82) is 0 Å². The minimum Gasteiger partial charge on any atom is -0.494 e. The van der Waals surface area contributed by atoms with E-state index >= 15 is 0 Å². The van der Waals surface area contributed by atoms with Gasteiger partial charge in [0.1, 0.15) is 0 Å². The summed E-state index contributed by atoms with van der Waals surface area (Å²) in [6.45, 7) is 4.98.